The molecule has 0 fully saturated rings. The van der Waals surface area contributed by atoms with Crippen LogP contribution in [0.4, 0.5) is 0 Å². The summed E-state index contributed by atoms with van der Waals surface area (Å²) in [5.41, 5.74) is 1.33. The van der Waals surface area contributed by atoms with Gasteiger partial charge in [-0.2, -0.15) is 0 Å². The number of benzene rings is 1. The van der Waals surface area contributed by atoms with E-state index < -0.39 is 0 Å². The predicted molar refractivity (Wildman–Crippen MR) is 51.3 cm³/mol. The molecule has 0 saturated heterocycles. The molecule has 0 aliphatic rings. The van der Waals surface area contributed by atoms with E-state index in [-0.39, 0.29) is 5.97 Å². The minimum atomic E-state index is -0.306. The minimum absolute atomic E-state index is 0.306. The lowest BCUT2D eigenvalue weighted by Gasteiger charge is -2.01. The van der Waals surface area contributed by atoms with Crippen molar-refractivity contribution in [1.82, 2.24) is 0 Å². The first-order valence-electron chi connectivity index (χ1n) is 4.09. The van der Waals surface area contributed by atoms with Gasteiger partial charge in [-0.1, -0.05) is 18.7 Å². The van der Waals surface area contributed by atoms with Crippen LogP contribution in [-0.2, 0) is 4.74 Å². The van der Waals surface area contributed by atoms with Gasteiger partial charge in [-0.15, -0.1) is 0 Å². The molecule has 1 aromatic carbocycles. The highest BCUT2D eigenvalue weighted by Gasteiger charge is 2.04. The van der Waals surface area contributed by atoms with Gasteiger partial charge in [0.2, 0.25) is 0 Å². The Bertz CT molecular complexity index is 316. The summed E-state index contributed by atoms with van der Waals surface area (Å²) in [6.45, 7) is 5.76. The molecule has 0 aromatic heterocycles. The van der Waals surface area contributed by atoms with E-state index in [0.717, 1.165) is 5.56 Å². The zero-order valence-electron chi connectivity index (χ0n) is 7.54. The summed E-state index contributed by atoms with van der Waals surface area (Å²) >= 11 is 0. The van der Waals surface area contributed by atoms with Gasteiger partial charge >= 0.3 is 5.97 Å². The van der Waals surface area contributed by atoms with Crippen LogP contribution in [0, 0.1) is 6.07 Å². The summed E-state index contributed by atoms with van der Waals surface area (Å²) in [5.74, 6) is -0.306. The Morgan fingerprint density at radius 2 is 2.54 bits per heavy atom. The summed E-state index contributed by atoms with van der Waals surface area (Å²) in [4.78, 5) is 11.2. The van der Waals surface area contributed by atoms with Gasteiger partial charge in [0.05, 0.1) is 12.2 Å². The van der Waals surface area contributed by atoms with Crippen molar-refractivity contribution < 1.29 is 9.53 Å². The molecule has 0 atom stereocenters. The Labute approximate surface area is 77.8 Å². The first-order chi connectivity index (χ1) is 6.27. The molecule has 1 rings (SSSR count). The zero-order valence-corrected chi connectivity index (χ0v) is 7.54. The lowest BCUT2D eigenvalue weighted by atomic mass is 10.1. The van der Waals surface area contributed by atoms with Crippen molar-refractivity contribution in [2.24, 2.45) is 0 Å². The summed E-state index contributed by atoms with van der Waals surface area (Å²) in [7, 11) is 0. The second-order valence-corrected chi connectivity index (χ2v) is 2.46. The molecule has 0 heterocycles. The van der Waals surface area contributed by atoms with Crippen LogP contribution in [0.15, 0.2) is 24.8 Å². The number of rotatable bonds is 3. The molecule has 0 aliphatic heterocycles. The second kappa shape index (κ2) is 4.45. The maximum Gasteiger partial charge on any atom is 0.338 e. The third kappa shape index (κ3) is 2.44. The summed E-state index contributed by atoms with van der Waals surface area (Å²) in [5, 5.41) is 0. The highest BCUT2D eigenvalue weighted by molar-refractivity contribution is 5.90. The van der Waals surface area contributed by atoms with E-state index in [2.05, 4.69) is 12.6 Å². The lowest BCUT2D eigenvalue weighted by molar-refractivity contribution is 0.0526. The van der Waals surface area contributed by atoms with Crippen molar-refractivity contribution in [3.63, 3.8) is 0 Å². The van der Waals surface area contributed by atoms with Crippen molar-refractivity contribution >= 4 is 12.0 Å². The van der Waals surface area contributed by atoms with Gasteiger partial charge in [0.25, 0.3) is 0 Å². The molecule has 67 valence electrons. The largest absolute Gasteiger partial charge is 0.462 e. The number of hydrogen-bond acceptors (Lipinski definition) is 2. The van der Waals surface area contributed by atoms with Gasteiger partial charge in [-0.3, -0.25) is 0 Å². The Kier molecular flexibility index (Phi) is 3.26. The fraction of sp³-hybridized carbons (Fsp3) is 0.182. The van der Waals surface area contributed by atoms with E-state index in [1.807, 2.05) is 0 Å². The van der Waals surface area contributed by atoms with Crippen LogP contribution in [0.2, 0.25) is 0 Å². The molecule has 0 saturated carbocycles. The maximum atomic E-state index is 11.2. The Hall–Kier alpha value is -1.57. The van der Waals surface area contributed by atoms with Crippen molar-refractivity contribution in [3.8, 4) is 0 Å². The van der Waals surface area contributed by atoms with E-state index in [1.54, 1.807) is 31.2 Å². The number of carbonyl (C=O) groups is 1. The standard InChI is InChI=1S/C11H11O2/c1-3-9-6-5-7-10(8-9)11(12)13-4-2/h3,5,7-8H,1,4H2,2H3. The van der Waals surface area contributed by atoms with Gasteiger partial charge in [-0.25, -0.2) is 4.79 Å². The number of esters is 1. The normalized spacial score (nSPS) is 9.31. The molecular formula is C11H11O2. The molecule has 0 spiro atoms. The molecular weight excluding hydrogens is 164 g/mol. The van der Waals surface area contributed by atoms with E-state index in [9.17, 15) is 4.79 Å². The predicted octanol–water partition coefficient (Wildman–Crippen LogP) is 2.31. The summed E-state index contributed by atoms with van der Waals surface area (Å²) in [6.07, 6.45) is 1.64. The molecule has 0 bridgehead atoms. The van der Waals surface area contributed by atoms with Crippen molar-refractivity contribution in [2.75, 3.05) is 6.61 Å². The highest BCUT2D eigenvalue weighted by Crippen LogP contribution is 2.06. The lowest BCUT2D eigenvalue weighted by Crippen LogP contribution is -2.04. The van der Waals surface area contributed by atoms with Crippen molar-refractivity contribution in [3.05, 3.63) is 42.0 Å². The molecule has 1 aromatic rings. The fourth-order valence-corrected chi connectivity index (χ4v) is 0.944. The molecule has 13 heavy (non-hydrogen) atoms. The second-order valence-electron chi connectivity index (χ2n) is 2.46. The van der Waals surface area contributed by atoms with Crippen molar-refractivity contribution in [1.29, 1.82) is 0 Å². The molecule has 1 radical (unpaired) electrons. The van der Waals surface area contributed by atoms with Crippen LogP contribution in [0.3, 0.4) is 0 Å². The van der Waals surface area contributed by atoms with Gasteiger partial charge in [-0.05, 0) is 30.7 Å². The van der Waals surface area contributed by atoms with E-state index >= 15 is 0 Å². The van der Waals surface area contributed by atoms with Crippen molar-refractivity contribution in [2.45, 2.75) is 6.92 Å². The molecule has 2 heteroatoms. The fourth-order valence-electron chi connectivity index (χ4n) is 0.944. The smallest absolute Gasteiger partial charge is 0.338 e. The van der Waals surface area contributed by atoms with Crippen LogP contribution < -0.4 is 0 Å². The highest BCUT2D eigenvalue weighted by atomic mass is 16.5. The summed E-state index contributed by atoms with van der Waals surface area (Å²) < 4.78 is 4.84. The quantitative estimate of drug-likeness (QED) is 0.659. The van der Waals surface area contributed by atoms with Crippen LogP contribution in [0.5, 0.6) is 0 Å². The third-order valence-corrected chi connectivity index (χ3v) is 1.55. The maximum absolute atomic E-state index is 11.2. The van der Waals surface area contributed by atoms with Gasteiger partial charge in [0, 0.05) is 0 Å². The molecule has 0 N–H and O–H groups in total. The number of carbonyl (C=O) groups excluding carboxylic acids is 1. The van der Waals surface area contributed by atoms with Crippen LogP contribution in [0.25, 0.3) is 6.08 Å². The average Bonchev–Trinajstić information content (AvgIpc) is 2.18. The van der Waals surface area contributed by atoms with Gasteiger partial charge in [0.15, 0.2) is 0 Å². The van der Waals surface area contributed by atoms with Crippen LogP contribution in [0.1, 0.15) is 22.8 Å². The van der Waals surface area contributed by atoms with E-state index in [4.69, 9.17) is 4.74 Å². The summed E-state index contributed by atoms with van der Waals surface area (Å²) in [6, 6.07) is 7.98. The average molecular weight is 175 g/mol. The van der Waals surface area contributed by atoms with E-state index in [0.29, 0.717) is 12.2 Å². The number of ether oxygens (including phenoxy) is 1. The first kappa shape index (κ1) is 9.52. The Balaban J connectivity index is 2.88. The van der Waals surface area contributed by atoms with Gasteiger partial charge < -0.3 is 4.74 Å². The zero-order chi connectivity index (χ0) is 9.68. The third-order valence-electron chi connectivity index (χ3n) is 1.55. The Morgan fingerprint density at radius 3 is 3.15 bits per heavy atom. The van der Waals surface area contributed by atoms with Crippen LogP contribution >= 0.6 is 0 Å². The molecule has 0 aliphatic carbocycles. The minimum Gasteiger partial charge on any atom is -0.462 e. The van der Waals surface area contributed by atoms with E-state index in [1.165, 1.54) is 0 Å². The Morgan fingerprint density at radius 1 is 1.77 bits per heavy atom. The molecule has 2 nitrogen and oxygen atoms in total. The molecule has 0 unspecified atom stereocenters. The first-order valence-corrected chi connectivity index (χ1v) is 4.09. The monoisotopic (exact) mass is 175 g/mol. The molecule has 0 amide bonds. The number of hydrogen-bond donors (Lipinski definition) is 0. The van der Waals surface area contributed by atoms with Gasteiger partial charge in [0.1, 0.15) is 0 Å². The van der Waals surface area contributed by atoms with Crippen LogP contribution in [-0.4, -0.2) is 12.6 Å². The topological polar surface area (TPSA) is 26.3 Å². The SMILES string of the molecule is C=Cc1[c]ccc(C(=O)OCC)c1.